The first-order valence-electron chi connectivity index (χ1n) is 10.2. The monoisotopic (exact) mass is 353 g/mol. The molecule has 0 aromatic carbocycles. The highest BCUT2D eigenvalue weighted by molar-refractivity contribution is 5.95. The summed E-state index contributed by atoms with van der Waals surface area (Å²) in [5.41, 5.74) is 1.86. The van der Waals surface area contributed by atoms with Gasteiger partial charge in [-0.25, -0.2) is 9.97 Å². The van der Waals surface area contributed by atoms with Gasteiger partial charge in [-0.3, -0.25) is 14.4 Å². The molecule has 134 valence electrons. The molecule has 1 aliphatic rings. The minimum Gasteiger partial charge on any atom is -0.309 e. The molecule has 1 amide bonds. The van der Waals surface area contributed by atoms with Gasteiger partial charge in [0.2, 0.25) is 5.91 Å². The average Bonchev–Trinajstić information content (AvgIpc) is 3.38. The molecule has 4 rings (SSSR count). The predicted molar refractivity (Wildman–Crippen MR) is 101 cm³/mol. The SMILES string of the molecule is [2H]C([2H])([2H])n1cc(-c2ccc3cnc(NC(=O)C(C)N4CCCC4)cc3n2)cn1. The Morgan fingerprint density at radius 1 is 1.31 bits per heavy atom. The van der Waals surface area contributed by atoms with Crippen LogP contribution in [0, 0.1) is 0 Å². The quantitative estimate of drug-likeness (QED) is 0.780. The normalized spacial score (nSPS) is 18.3. The van der Waals surface area contributed by atoms with Crippen LogP contribution in [0.2, 0.25) is 0 Å². The Hall–Kier alpha value is -2.80. The van der Waals surface area contributed by atoms with Crippen LogP contribution >= 0.6 is 0 Å². The van der Waals surface area contributed by atoms with Crippen molar-refractivity contribution in [2.45, 2.75) is 25.8 Å². The Labute approximate surface area is 156 Å². The van der Waals surface area contributed by atoms with Crippen molar-refractivity contribution in [2.75, 3.05) is 18.4 Å². The van der Waals surface area contributed by atoms with E-state index in [1.165, 1.54) is 12.4 Å². The van der Waals surface area contributed by atoms with Gasteiger partial charge in [0, 0.05) is 40.5 Å². The lowest BCUT2D eigenvalue weighted by molar-refractivity contribution is -0.120. The molecule has 3 aromatic heterocycles. The zero-order valence-electron chi connectivity index (χ0n) is 17.5. The van der Waals surface area contributed by atoms with Crippen LogP contribution < -0.4 is 5.32 Å². The third-order valence-corrected chi connectivity index (χ3v) is 4.77. The third-order valence-electron chi connectivity index (χ3n) is 4.77. The molecule has 4 heterocycles. The van der Waals surface area contributed by atoms with Crippen molar-refractivity contribution in [3.63, 3.8) is 0 Å². The number of aryl methyl sites for hydroxylation is 1. The van der Waals surface area contributed by atoms with Crippen molar-refractivity contribution in [1.29, 1.82) is 0 Å². The van der Waals surface area contributed by atoms with Crippen molar-refractivity contribution in [1.82, 2.24) is 24.6 Å². The topological polar surface area (TPSA) is 75.9 Å². The second-order valence-corrected chi connectivity index (χ2v) is 6.54. The fourth-order valence-corrected chi connectivity index (χ4v) is 3.23. The van der Waals surface area contributed by atoms with Crippen LogP contribution in [0.4, 0.5) is 5.82 Å². The number of rotatable bonds is 4. The lowest BCUT2D eigenvalue weighted by atomic mass is 10.2. The highest BCUT2D eigenvalue weighted by Gasteiger charge is 2.24. The van der Waals surface area contributed by atoms with E-state index in [0.29, 0.717) is 22.6 Å². The number of amides is 1. The van der Waals surface area contributed by atoms with Crippen LogP contribution in [0.1, 0.15) is 23.9 Å². The molecule has 26 heavy (non-hydrogen) atoms. The largest absolute Gasteiger partial charge is 0.309 e. The smallest absolute Gasteiger partial charge is 0.242 e. The first-order chi connectivity index (χ1) is 13.8. The summed E-state index contributed by atoms with van der Waals surface area (Å²) in [6, 6.07) is 5.16. The van der Waals surface area contributed by atoms with Crippen molar-refractivity contribution >= 4 is 22.6 Å². The second kappa shape index (κ2) is 6.84. The van der Waals surface area contributed by atoms with Crippen LogP contribution in [0.3, 0.4) is 0 Å². The Morgan fingerprint density at radius 3 is 2.92 bits per heavy atom. The van der Waals surface area contributed by atoms with Crippen molar-refractivity contribution in [3.8, 4) is 11.3 Å². The Morgan fingerprint density at radius 2 is 2.15 bits per heavy atom. The number of likely N-dealkylation sites (tertiary alicyclic amines) is 1. The van der Waals surface area contributed by atoms with Gasteiger partial charge < -0.3 is 5.32 Å². The number of aromatic nitrogens is 4. The van der Waals surface area contributed by atoms with Crippen LogP contribution in [0.5, 0.6) is 0 Å². The van der Waals surface area contributed by atoms with Crippen molar-refractivity contribution < 1.29 is 8.91 Å². The number of nitrogens with one attached hydrogen (secondary N) is 1. The van der Waals surface area contributed by atoms with E-state index < -0.39 is 6.98 Å². The molecule has 0 saturated carbocycles. The van der Waals surface area contributed by atoms with Crippen LogP contribution in [0.25, 0.3) is 22.2 Å². The third kappa shape index (κ3) is 3.30. The minimum atomic E-state index is -2.33. The molecule has 0 radical (unpaired) electrons. The van der Waals surface area contributed by atoms with Gasteiger partial charge in [0.1, 0.15) is 5.82 Å². The van der Waals surface area contributed by atoms with Crippen LogP contribution in [-0.2, 0) is 11.8 Å². The van der Waals surface area contributed by atoms with E-state index in [0.717, 1.165) is 36.0 Å². The zero-order chi connectivity index (χ0) is 20.6. The maximum atomic E-state index is 12.5. The molecular weight excluding hydrogens is 328 g/mol. The Kier molecular flexibility index (Phi) is 3.53. The summed E-state index contributed by atoms with van der Waals surface area (Å²) >= 11 is 0. The molecule has 0 bridgehead atoms. The fourth-order valence-electron chi connectivity index (χ4n) is 3.23. The van der Waals surface area contributed by atoms with Crippen molar-refractivity contribution in [2.24, 2.45) is 6.98 Å². The number of hydrogen-bond donors (Lipinski definition) is 1. The minimum absolute atomic E-state index is 0.0890. The first kappa shape index (κ1) is 13.4. The fraction of sp³-hybridized carbons (Fsp3) is 0.368. The zero-order valence-corrected chi connectivity index (χ0v) is 14.5. The molecule has 1 N–H and O–H groups in total. The molecule has 7 heteroatoms. The first-order valence-corrected chi connectivity index (χ1v) is 8.68. The van der Waals surface area contributed by atoms with E-state index in [4.69, 9.17) is 4.11 Å². The number of fused-ring (bicyclic) bond motifs is 1. The molecule has 1 unspecified atom stereocenters. The molecule has 1 atom stereocenters. The summed E-state index contributed by atoms with van der Waals surface area (Å²) in [6.07, 6.45) is 6.83. The van der Waals surface area contributed by atoms with Crippen LogP contribution in [-0.4, -0.2) is 49.7 Å². The summed E-state index contributed by atoms with van der Waals surface area (Å²) in [7, 11) is 0. The predicted octanol–water partition coefficient (Wildman–Crippen LogP) is 2.45. The molecule has 3 aromatic rings. The number of carbonyl (C=O) groups is 1. The van der Waals surface area contributed by atoms with Gasteiger partial charge in [-0.1, -0.05) is 0 Å². The average molecular weight is 353 g/mol. The van der Waals surface area contributed by atoms with E-state index >= 15 is 0 Å². The second-order valence-electron chi connectivity index (χ2n) is 6.54. The number of nitrogens with zero attached hydrogens (tertiary/aromatic N) is 5. The number of carbonyl (C=O) groups excluding carboxylic acids is 1. The summed E-state index contributed by atoms with van der Waals surface area (Å²) in [6.45, 7) is 1.45. The van der Waals surface area contributed by atoms with E-state index in [1.807, 2.05) is 13.0 Å². The molecule has 0 spiro atoms. The Bertz CT molecular complexity index is 1040. The summed E-state index contributed by atoms with van der Waals surface area (Å²) in [4.78, 5) is 23.6. The summed E-state index contributed by atoms with van der Waals surface area (Å²) in [5.74, 6) is 0.352. The molecule has 7 nitrogen and oxygen atoms in total. The number of hydrogen-bond acceptors (Lipinski definition) is 5. The molecule has 1 aliphatic heterocycles. The molecule has 1 saturated heterocycles. The van der Waals surface area contributed by atoms with Gasteiger partial charge in [0.25, 0.3) is 0 Å². The van der Waals surface area contributed by atoms with Crippen molar-refractivity contribution in [3.05, 3.63) is 36.8 Å². The van der Waals surface area contributed by atoms with E-state index in [1.54, 1.807) is 18.3 Å². The number of pyridine rings is 2. The Balaban J connectivity index is 1.56. The van der Waals surface area contributed by atoms with Gasteiger partial charge in [0.05, 0.1) is 23.4 Å². The summed E-state index contributed by atoms with van der Waals surface area (Å²) in [5, 5.41) is 7.59. The van der Waals surface area contributed by atoms with E-state index in [9.17, 15) is 4.79 Å². The lowest BCUT2D eigenvalue weighted by Gasteiger charge is -2.22. The van der Waals surface area contributed by atoms with Crippen LogP contribution in [0.15, 0.2) is 36.8 Å². The highest BCUT2D eigenvalue weighted by Crippen LogP contribution is 2.22. The van der Waals surface area contributed by atoms with E-state index in [-0.39, 0.29) is 11.9 Å². The van der Waals surface area contributed by atoms with Gasteiger partial charge in [-0.05, 0) is 45.0 Å². The van der Waals surface area contributed by atoms with Gasteiger partial charge in [-0.2, -0.15) is 5.10 Å². The maximum Gasteiger partial charge on any atom is 0.242 e. The summed E-state index contributed by atoms with van der Waals surface area (Å²) < 4.78 is 23.2. The molecular formula is C19H22N6O. The standard InChI is InChI=1S/C19H22N6O/c1-13(25-7-3-4-8-25)19(26)23-18-9-17-14(10-20-18)5-6-16(22-17)15-11-21-24(2)12-15/h5-6,9-13H,3-4,7-8H2,1-2H3,(H,20,23,26)/i2D3. The van der Waals surface area contributed by atoms with Gasteiger partial charge in [0.15, 0.2) is 0 Å². The van der Waals surface area contributed by atoms with Gasteiger partial charge >= 0.3 is 0 Å². The highest BCUT2D eigenvalue weighted by atomic mass is 16.2. The maximum absolute atomic E-state index is 12.5. The lowest BCUT2D eigenvalue weighted by Crippen LogP contribution is -2.40. The number of anilines is 1. The molecule has 1 fully saturated rings. The van der Waals surface area contributed by atoms with E-state index in [2.05, 4.69) is 25.3 Å². The van der Waals surface area contributed by atoms with Gasteiger partial charge in [-0.15, -0.1) is 0 Å². The molecule has 0 aliphatic carbocycles.